The Labute approximate surface area is 98.2 Å². The lowest BCUT2D eigenvalue weighted by atomic mass is 10.1. The molecule has 0 saturated carbocycles. The lowest BCUT2D eigenvalue weighted by molar-refractivity contribution is 0.0677. The summed E-state index contributed by atoms with van der Waals surface area (Å²) in [6.45, 7) is 2.56. The van der Waals surface area contributed by atoms with Crippen LogP contribution in [0.1, 0.15) is 24.7 Å². The van der Waals surface area contributed by atoms with E-state index in [1.54, 1.807) is 0 Å². The fourth-order valence-corrected chi connectivity index (χ4v) is 2.27. The predicted octanol–water partition coefficient (Wildman–Crippen LogP) is 1.58. The van der Waals surface area contributed by atoms with E-state index in [-0.39, 0.29) is 12.0 Å². The molecule has 6 heteroatoms. The van der Waals surface area contributed by atoms with Crippen LogP contribution in [0.15, 0.2) is 4.52 Å². The van der Waals surface area contributed by atoms with Gasteiger partial charge in [-0.15, -0.1) is 0 Å². The summed E-state index contributed by atoms with van der Waals surface area (Å²) in [5.41, 5.74) is 0. The molecular weight excluding hydrogens is 226 g/mol. The van der Waals surface area contributed by atoms with E-state index in [1.165, 1.54) is 0 Å². The molecule has 1 fully saturated rings. The molecule has 5 nitrogen and oxygen atoms in total. The highest BCUT2D eigenvalue weighted by Gasteiger charge is 2.22. The van der Waals surface area contributed by atoms with Gasteiger partial charge >= 0.3 is 0 Å². The lowest BCUT2D eigenvalue weighted by Crippen LogP contribution is -2.16. The van der Waals surface area contributed by atoms with E-state index >= 15 is 0 Å². The van der Waals surface area contributed by atoms with Gasteiger partial charge in [0.1, 0.15) is 6.10 Å². The highest BCUT2D eigenvalue weighted by Crippen LogP contribution is 2.24. The van der Waals surface area contributed by atoms with Crippen molar-refractivity contribution in [2.75, 3.05) is 18.1 Å². The van der Waals surface area contributed by atoms with Crippen molar-refractivity contribution < 1.29 is 9.26 Å². The minimum atomic E-state index is -0.102. The van der Waals surface area contributed by atoms with Crippen molar-refractivity contribution in [1.82, 2.24) is 10.1 Å². The van der Waals surface area contributed by atoms with E-state index in [1.807, 2.05) is 18.7 Å². The standard InChI is InChI=1S/C10H13N3O2S/c1-7(5-11)4-9-12-10(13-15-9)8-6-16-3-2-14-8/h7-8H,2-4,6H2,1H3. The third-order valence-corrected chi connectivity index (χ3v) is 3.28. The molecule has 0 amide bonds. The van der Waals surface area contributed by atoms with Gasteiger partial charge in [-0.25, -0.2) is 0 Å². The van der Waals surface area contributed by atoms with E-state index in [9.17, 15) is 0 Å². The number of hydrogen-bond donors (Lipinski definition) is 0. The van der Waals surface area contributed by atoms with Crippen molar-refractivity contribution in [1.29, 1.82) is 5.26 Å². The fraction of sp³-hybridized carbons (Fsp3) is 0.700. The zero-order valence-corrected chi connectivity index (χ0v) is 9.87. The molecule has 2 atom stereocenters. The summed E-state index contributed by atoms with van der Waals surface area (Å²) in [6.07, 6.45) is 0.442. The molecule has 1 saturated heterocycles. The van der Waals surface area contributed by atoms with Crippen molar-refractivity contribution in [2.24, 2.45) is 5.92 Å². The Bertz CT molecular complexity index is 382. The van der Waals surface area contributed by atoms with Gasteiger partial charge in [0.2, 0.25) is 11.7 Å². The molecule has 1 aliphatic heterocycles. The summed E-state index contributed by atoms with van der Waals surface area (Å²) in [4.78, 5) is 4.25. The average Bonchev–Trinajstić information content (AvgIpc) is 2.78. The molecule has 0 N–H and O–H groups in total. The SMILES string of the molecule is CC(C#N)Cc1nc(C2CSCCO2)no1. The molecule has 2 rings (SSSR count). The first-order valence-electron chi connectivity index (χ1n) is 5.21. The van der Waals surface area contributed by atoms with E-state index in [0.717, 1.165) is 18.1 Å². The fourth-order valence-electron chi connectivity index (χ4n) is 1.43. The first-order valence-corrected chi connectivity index (χ1v) is 6.36. The number of thioether (sulfide) groups is 1. The average molecular weight is 239 g/mol. The van der Waals surface area contributed by atoms with Crippen LogP contribution in [0.25, 0.3) is 0 Å². The molecule has 2 unspecified atom stereocenters. The van der Waals surface area contributed by atoms with Gasteiger partial charge in [0.05, 0.1) is 18.6 Å². The van der Waals surface area contributed by atoms with Crippen LogP contribution in [-0.4, -0.2) is 28.3 Å². The van der Waals surface area contributed by atoms with E-state index in [4.69, 9.17) is 14.5 Å². The van der Waals surface area contributed by atoms with Crippen molar-refractivity contribution in [2.45, 2.75) is 19.4 Å². The van der Waals surface area contributed by atoms with Gasteiger partial charge in [0, 0.05) is 17.9 Å². The molecule has 1 aromatic heterocycles. The van der Waals surface area contributed by atoms with E-state index in [2.05, 4.69) is 16.2 Å². The van der Waals surface area contributed by atoms with Crippen molar-refractivity contribution in [3.05, 3.63) is 11.7 Å². The van der Waals surface area contributed by atoms with E-state index in [0.29, 0.717) is 18.1 Å². The molecule has 0 aliphatic carbocycles. The smallest absolute Gasteiger partial charge is 0.228 e. The Hall–Kier alpha value is -1.06. The first-order chi connectivity index (χ1) is 7.79. The topological polar surface area (TPSA) is 71.9 Å². The van der Waals surface area contributed by atoms with Crippen LogP contribution in [0.2, 0.25) is 0 Å². The predicted molar refractivity (Wildman–Crippen MR) is 58.8 cm³/mol. The molecule has 2 heterocycles. The summed E-state index contributed by atoms with van der Waals surface area (Å²) >= 11 is 1.83. The van der Waals surface area contributed by atoms with Gasteiger partial charge in [0.25, 0.3) is 0 Å². The number of rotatable bonds is 3. The Balaban J connectivity index is 1.98. The zero-order valence-electron chi connectivity index (χ0n) is 9.05. The zero-order chi connectivity index (χ0) is 11.4. The maximum absolute atomic E-state index is 8.68. The van der Waals surface area contributed by atoms with Gasteiger partial charge in [-0.2, -0.15) is 22.0 Å². The number of ether oxygens (including phenoxy) is 1. The normalized spacial score (nSPS) is 22.6. The molecule has 0 radical (unpaired) electrons. The van der Waals surface area contributed by atoms with Gasteiger partial charge in [-0.3, -0.25) is 0 Å². The summed E-state index contributed by atoms with van der Waals surface area (Å²) in [6, 6.07) is 2.14. The molecule has 1 aromatic rings. The second kappa shape index (κ2) is 5.32. The third kappa shape index (κ3) is 2.74. The monoisotopic (exact) mass is 239 g/mol. The molecule has 16 heavy (non-hydrogen) atoms. The second-order valence-corrected chi connectivity index (χ2v) is 4.86. The van der Waals surface area contributed by atoms with Crippen molar-refractivity contribution in [3.8, 4) is 6.07 Å². The number of nitrogens with zero attached hydrogens (tertiary/aromatic N) is 3. The minimum absolute atomic E-state index is 0.0614. The second-order valence-electron chi connectivity index (χ2n) is 3.71. The molecule has 0 spiro atoms. The van der Waals surface area contributed by atoms with E-state index < -0.39 is 0 Å². The van der Waals surface area contributed by atoms with Crippen LogP contribution in [0.5, 0.6) is 0 Å². The van der Waals surface area contributed by atoms with Crippen LogP contribution < -0.4 is 0 Å². The minimum Gasteiger partial charge on any atom is -0.368 e. The summed E-state index contributed by atoms with van der Waals surface area (Å²) < 4.78 is 10.6. The quantitative estimate of drug-likeness (QED) is 0.797. The van der Waals surface area contributed by atoms with Crippen molar-refractivity contribution in [3.63, 3.8) is 0 Å². The maximum Gasteiger partial charge on any atom is 0.228 e. The Morgan fingerprint density at radius 3 is 3.25 bits per heavy atom. The summed E-state index contributed by atoms with van der Waals surface area (Å²) in [5.74, 6) is 2.91. The van der Waals surface area contributed by atoms with Crippen LogP contribution in [0, 0.1) is 17.2 Å². The van der Waals surface area contributed by atoms with Crippen LogP contribution in [0.4, 0.5) is 0 Å². The van der Waals surface area contributed by atoms with Gasteiger partial charge < -0.3 is 9.26 Å². The Morgan fingerprint density at radius 2 is 2.56 bits per heavy atom. The largest absolute Gasteiger partial charge is 0.368 e. The van der Waals surface area contributed by atoms with Crippen LogP contribution >= 0.6 is 11.8 Å². The highest BCUT2D eigenvalue weighted by atomic mass is 32.2. The Kier molecular flexibility index (Phi) is 3.80. The van der Waals surface area contributed by atoms with Gasteiger partial charge in [-0.05, 0) is 6.92 Å². The number of nitriles is 1. The van der Waals surface area contributed by atoms with Crippen molar-refractivity contribution >= 4 is 11.8 Å². The molecular formula is C10H13N3O2S. The lowest BCUT2D eigenvalue weighted by Gasteiger charge is -2.18. The number of aromatic nitrogens is 2. The number of hydrogen-bond acceptors (Lipinski definition) is 6. The third-order valence-electron chi connectivity index (χ3n) is 2.29. The van der Waals surface area contributed by atoms with Crippen LogP contribution in [0.3, 0.4) is 0 Å². The van der Waals surface area contributed by atoms with Gasteiger partial charge in [-0.1, -0.05) is 5.16 Å². The van der Waals surface area contributed by atoms with Crippen LogP contribution in [-0.2, 0) is 11.2 Å². The maximum atomic E-state index is 8.68. The Morgan fingerprint density at radius 1 is 1.69 bits per heavy atom. The first kappa shape index (κ1) is 11.4. The van der Waals surface area contributed by atoms with Gasteiger partial charge in [0.15, 0.2) is 0 Å². The molecule has 1 aliphatic rings. The summed E-state index contributed by atoms with van der Waals surface area (Å²) in [5, 5.41) is 12.6. The highest BCUT2D eigenvalue weighted by molar-refractivity contribution is 7.99. The molecule has 0 bridgehead atoms. The molecule has 0 aromatic carbocycles. The molecule has 86 valence electrons. The summed E-state index contributed by atoms with van der Waals surface area (Å²) in [7, 11) is 0.